The van der Waals surface area contributed by atoms with E-state index in [2.05, 4.69) is 24.0 Å². The van der Waals surface area contributed by atoms with Gasteiger partial charge in [-0.15, -0.1) is 0 Å². The van der Waals surface area contributed by atoms with Crippen LogP contribution in [0.1, 0.15) is 23.6 Å². The van der Waals surface area contributed by atoms with Crippen LogP contribution in [0.15, 0.2) is 84.9 Å². The van der Waals surface area contributed by atoms with Gasteiger partial charge < -0.3 is 10.2 Å². The summed E-state index contributed by atoms with van der Waals surface area (Å²) in [5, 5.41) is 23.5. The van der Waals surface area contributed by atoms with Crippen molar-refractivity contribution in [3.63, 3.8) is 0 Å². The summed E-state index contributed by atoms with van der Waals surface area (Å²) >= 11 is 6.36. The third-order valence-electron chi connectivity index (χ3n) is 5.37. The molecule has 1 unspecified atom stereocenters. The minimum Gasteiger partial charge on any atom is -0.388 e. The molecule has 2 N–H and O–H groups in total. The molecular weight excluding hydrogens is 382 g/mol. The Bertz CT molecular complexity index is 888. The SMILES string of the molecule is CCN(Cc1ccccc1)CC(O)[C@@](O)(Cc1ccccc1Cl)c1ccccc1. The van der Waals surface area contributed by atoms with Crippen LogP contribution in [-0.4, -0.2) is 34.3 Å². The van der Waals surface area contributed by atoms with Crippen LogP contribution < -0.4 is 0 Å². The van der Waals surface area contributed by atoms with Gasteiger partial charge >= 0.3 is 0 Å². The molecule has 29 heavy (non-hydrogen) atoms. The standard InChI is InChI=1S/C25H28ClNO2/c1-2-27(18-20-11-5-3-6-12-20)19-24(28)25(29,22-14-7-4-8-15-22)17-21-13-9-10-16-23(21)26/h3-16,24,28-29H,2,17-19H2,1H3/t24?,25-/m1/s1. The number of benzene rings is 3. The van der Waals surface area contributed by atoms with Gasteiger partial charge in [0.15, 0.2) is 0 Å². The van der Waals surface area contributed by atoms with Crippen molar-refractivity contribution in [3.05, 3.63) is 107 Å². The summed E-state index contributed by atoms with van der Waals surface area (Å²) in [5.41, 5.74) is 1.22. The number of halogens is 1. The molecule has 0 saturated carbocycles. The molecule has 0 heterocycles. The predicted octanol–water partition coefficient (Wildman–Crippen LogP) is 4.65. The fourth-order valence-corrected chi connectivity index (χ4v) is 3.82. The van der Waals surface area contributed by atoms with Crippen molar-refractivity contribution >= 4 is 11.6 Å². The minimum atomic E-state index is -1.45. The van der Waals surface area contributed by atoms with Gasteiger partial charge in [0, 0.05) is 24.5 Å². The van der Waals surface area contributed by atoms with E-state index in [1.807, 2.05) is 72.8 Å². The molecule has 152 valence electrons. The van der Waals surface area contributed by atoms with Crippen LogP contribution in [0.5, 0.6) is 0 Å². The largest absolute Gasteiger partial charge is 0.388 e. The van der Waals surface area contributed by atoms with Gasteiger partial charge in [-0.3, -0.25) is 4.90 Å². The molecule has 0 bridgehead atoms. The maximum Gasteiger partial charge on any atom is 0.121 e. The van der Waals surface area contributed by atoms with E-state index in [1.54, 1.807) is 0 Å². The van der Waals surface area contributed by atoms with E-state index in [1.165, 1.54) is 5.56 Å². The normalized spacial score (nSPS) is 14.5. The first kappa shape index (κ1) is 21.5. The predicted molar refractivity (Wildman–Crippen MR) is 119 cm³/mol. The van der Waals surface area contributed by atoms with E-state index in [-0.39, 0.29) is 6.42 Å². The molecule has 2 atom stereocenters. The summed E-state index contributed by atoms with van der Waals surface area (Å²) < 4.78 is 0. The Kier molecular flexibility index (Phi) is 7.45. The van der Waals surface area contributed by atoms with Crippen LogP contribution in [0, 0.1) is 0 Å². The molecular formula is C25H28ClNO2. The van der Waals surface area contributed by atoms with Crippen molar-refractivity contribution < 1.29 is 10.2 Å². The molecule has 3 nitrogen and oxygen atoms in total. The molecule has 4 heteroatoms. The van der Waals surface area contributed by atoms with E-state index >= 15 is 0 Å². The van der Waals surface area contributed by atoms with Crippen LogP contribution in [0.25, 0.3) is 0 Å². The molecule has 0 spiro atoms. The van der Waals surface area contributed by atoms with Gasteiger partial charge in [-0.25, -0.2) is 0 Å². The highest BCUT2D eigenvalue weighted by molar-refractivity contribution is 6.31. The number of hydrogen-bond acceptors (Lipinski definition) is 3. The van der Waals surface area contributed by atoms with Crippen molar-refractivity contribution in [2.45, 2.75) is 31.6 Å². The monoisotopic (exact) mass is 409 g/mol. The first-order valence-corrected chi connectivity index (χ1v) is 10.4. The Balaban J connectivity index is 1.85. The van der Waals surface area contributed by atoms with Crippen molar-refractivity contribution in [1.29, 1.82) is 0 Å². The Morgan fingerprint density at radius 2 is 1.48 bits per heavy atom. The summed E-state index contributed by atoms with van der Waals surface area (Å²) in [6.07, 6.45) is -0.745. The van der Waals surface area contributed by atoms with Gasteiger partial charge in [0.05, 0.1) is 6.10 Å². The van der Waals surface area contributed by atoms with Crippen LogP contribution in [-0.2, 0) is 18.6 Å². The van der Waals surface area contributed by atoms with Gasteiger partial charge in [0.2, 0.25) is 0 Å². The summed E-state index contributed by atoms with van der Waals surface area (Å²) in [5.74, 6) is 0. The lowest BCUT2D eigenvalue weighted by Crippen LogP contribution is -2.48. The molecule has 3 rings (SSSR count). The minimum absolute atomic E-state index is 0.237. The van der Waals surface area contributed by atoms with E-state index in [0.717, 1.165) is 12.1 Å². The summed E-state index contributed by atoms with van der Waals surface area (Å²) in [7, 11) is 0. The lowest BCUT2D eigenvalue weighted by molar-refractivity contribution is -0.0922. The van der Waals surface area contributed by atoms with Crippen LogP contribution in [0.4, 0.5) is 0 Å². The second kappa shape index (κ2) is 10.0. The Morgan fingerprint density at radius 1 is 0.897 bits per heavy atom. The van der Waals surface area contributed by atoms with Gasteiger partial charge in [-0.2, -0.15) is 0 Å². The molecule has 0 aliphatic carbocycles. The molecule has 0 aromatic heterocycles. The Morgan fingerprint density at radius 3 is 2.10 bits per heavy atom. The second-order valence-electron chi connectivity index (χ2n) is 7.39. The van der Waals surface area contributed by atoms with Crippen LogP contribution >= 0.6 is 11.6 Å². The quantitative estimate of drug-likeness (QED) is 0.540. The van der Waals surface area contributed by atoms with E-state index in [9.17, 15) is 10.2 Å². The van der Waals surface area contributed by atoms with Crippen molar-refractivity contribution in [2.24, 2.45) is 0 Å². The van der Waals surface area contributed by atoms with Gasteiger partial charge in [0.1, 0.15) is 5.60 Å². The Labute approximate surface area is 178 Å². The van der Waals surface area contributed by atoms with E-state index in [0.29, 0.717) is 23.7 Å². The average molecular weight is 410 g/mol. The summed E-state index contributed by atoms with van der Waals surface area (Å²) in [4.78, 5) is 2.14. The summed E-state index contributed by atoms with van der Waals surface area (Å²) in [6, 6.07) is 27.0. The molecule has 0 aliphatic heterocycles. The van der Waals surface area contributed by atoms with Crippen molar-refractivity contribution in [3.8, 4) is 0 Å². The molecule has 3 aromatic carbocycles. The Hall–Kier alpha value is -2.17. The fourth-order valence-electron chi connectivity index (χ4n) is 3.61. The molecule has 0 fully saturated rings. The van der Waals surface area contributed by atoms with Crippen molar-refractivity contribution in [1.82, 2.24) is 4.90 Å². The number of hydrogen-bond donors (Lipinski definition) is 2. The lowest BCUT2D eigenvalue weighted by atomic mass is 9.82. The maximum atomic E-state index is 11.7. The molecule has 0 amide bonds. The highest BCUT2D eigenvalue weighted by atomic mass is 35.5. The van der Waals surface area contributed by atoms with Gasteiger partial charge in [-0.1, -0.05) is 97.4 Å². The zero-order chi connectivity index (χ0) is 20.7. The molecule has 0 saturated heterocycles. The third kappa shape index (κ3) is 5.46. The second-order valence-corrected chi connectivity index (χ2v) is 7.79. The number of aliphatic hydroxyl groups excluding tert-OH is 1. The topological polar surface area (TPSA) is 43.7 Å². The van der Waals surface area contributed by atoms with Crippen LogP contribution in [0.3, 0.4) is 0 Å². The molecule has 0 radical (unpaired) electrons. The van der Waals surface area contributed by atoms with Crippen molar-refractivity contribution in [2.75, 3.05) is 13.1 Å². The summed E-state index contributed by atoms with van der Waals surface area (Å²) in [6.45, 7) is 3.89. The lowest BCUT2D eigenvalue weighted by Gasteiger charge is -2.37. The number of aliphatic hydroxyl groups is 2. The molecule has 3 aromatic rings. The maximum absolute atomic E-state index is 11.7. The first-order valence-electron chi connectivity index (χ1n) is 9.98. The average Bonchev–Trinajstić information content (AvgIpc) is 2.76. The zero-order valence-corrected chi connectivity index (χ0v) is 17.5. The highest BCUT2D eigenvalue weighted by Gasteiger charge is 2.38. The van der Waals surface area contributed by atoms with Gasteiger partial charge in [-0.05, 0) is 29.3 Å². The van der Waals surface area contributed by atoms with Crippen LogP contribution in [0.2, 0.25) is 5.02 Å². The van der Waals surface area contributed by atoms with E-state index < -0.39 is 11.7 Å². The highest BCUT2D eigenvalue weighted by Crippen LogP contribution is 2.32. The number of rotatable bonds is 9. The number of likely N-dealkylation sites (N-methyl/N-ethyl adjacent to an activating group) is 1. The fraction of sp³-hybridized carbons (Fsp3) is 0.280. The first-order chi connectivity index (χ1) is 14.0. The zero-order valence-electron chi connectivity index (χ0n) is 16.7. The van der Waals surface area contributed by atoms with Gasteiger partial charge in [0.25, 0.3) is 0 Å². The third-order valence-corrected chi connectivity index (χ3v) is 5.74. The molecule has 0 aliphatic rings. The smallest absolute Gasteiger partial charge is 0.121 e. The number of nitrogens with zero attached hydrogens (tertiary/aromatic N) is 1. The van der Waals surface area contributed by atoms with E-state index in [4.69, 9.17) is 11.6 Å².